The molecular formula is C19H19FO4. The van der Waals surface area contributed by atoms with Crippen molar-refractivity contribution in [2.24, 2.45) is 0 Å². The van der Waals surface area contributed by atoms with Crippen LogP contribution in [-0.2, 0) is 4.79 Å². The fourth-order valence-corrected chi connectivity index (χ4v) is 2.07. The Labute approximate surface area is 140 Å². The molecule has 2 rings (SSSR count). The summed E-state index contributed by atoms with van der Waals surface area (Å²) in [7, 11) is 0. The minimum atomic E-state index is -0.606. The predicted octanol–water partition coefficient (Wildman–Crippen LogP) is 3.65. The van der Waals surface area contributed by atoms with Crippen LogP contribution in [0.2, 0.25) is 0 Å². The minimum absolute atomic E-state index is 0.0514. The van der Waals surface area contributed by atoms with Gasteiger partial charge in [-0.15, -0.1) is 0 Å². The van der Waals surface area contributed by atoms with Crippen LogP contribution >= 0.6 is 0 Å². The lowest BCUT2D eigenvalue weighted by Gasteiger charge is -2.13. The standard InChI is InChI=1S/C19H19FO4/c1-12(2)19(22)24-18-11-14(5-7-17(18)23-9-8-21)15-6-4-13(3)10-16(15)20/h4-7,10-11,21H,1,8-9H2,2-3H3. The molecule has 0 heterocycles. The molecule has 0 fully saturated rings. The van der Waals surface area contributed by atoms with Crippen LogP contribution in [0.4, 0.5) is 4.39 Å². The summed E-state index contributed by atoms with van der Waals surface area (Å²) in [5.74, 6) is -0.537. The number of aliphatic hydroxyl groups excluding tert-OH is 1. The summed E-state index contributed by atoms with van der Waals surface area (Å²) in [6.07, 6.45) is 0. The second-order valence-corrected chi connectivity index (χ2v) is 5.39. The van der Waals surface area contributed by atoms with Gasteiger partial charge in [-0.3, -0.25) is 0 Å². The molecule has 126 valence electrons. The zero-order valence-corrected chi connectivity index (χ0v) is 13.6. The average Bonchev–Trinajstić information content (AvgIpc) is 2.53. The fourth-order valence-electron chi connectivity index (χ4n) is 2.07. The molecule has 0 atom stereocenters. The van der Waals surface area contributed by atoms with Gasteiger partial charge in [-0.1, -0.05) is 24.8 Å². The van der Waals surface area contributed by atoms with Crippen molar-refractivity contribution in [3.05, 3.63) is 59.9 Å². The highest BCUT2D eigenvalue weighted by atomic mass is 19.1. The molecular weight excluding hydrogens is 311 g/mol. The van der Waals surface area contributed by atoms with Gasteiger partial charge in [0.05, 0.1) is 6.61 Å². The molecule has 0 radical (unpaired) electrons. The lowest BCUT2D eigenvalue weighted by Crippen LogP contribution is -2.10. The van der Waals surface area contributed by atoms with Crippen LogP contribution in [0.3, 0.4) is 0 Å². The van der Waals surface area contributed by atoms with E-state index in [0.29, 0.717) is 11.1 Å². The molecule has 0 aliphatic carbocycles. The van der Waals surface area contributed by atoms with Gasteiger partial charge >= 0.3 is 5.97 Å². The highest BCUT2D eigenvalue weighted by Crippen LogP contribution is 2.34. The van der Waals surface area contributed by atoms with Gasteiger partial charge in [-0.05, 0) is 43.2 Å². The number of hydrogen-bond donors (Lipinski definition) is 1. The number of rotatable bonds is 6. The molecule has 0 aliphatic rings. The Morgan fingerprint density at radius 3 is 2.58 bits per heavy atom. The number of aliphatic hydroxyl groups is 1. The topological polar surface area (TPSA) is 55.8 Å². The van der Waals surface area contributed by atoms with E-state index in [1.54, 1.807) is 31.2 Å². The molecule has 24 heavy (non-hydrogen) atoms. The molecule has 0 aromatic heterocycles. The maximum absolute atomic E-state index is 14.2. The molecule has 0 saturated heterocycles. The molecule has 0 amide bonds. The zero-order valence-electron chi connectivity index (χ0n) is 13.6. The first-order chi connectivity index (χ1) is 11.4. The summed E-state index contributed by atoms with van der Waals surface area (Å²) >= 11 is 0. The van der Waals surface area contributed by atoms with Gasteiger partial charge in [0.1, 0.15) is 12.4 Å². The van der Waals surface area contributed by atoms with E-state index in [9.17, 15) is 9.18 Å². The molecule has 0 spiro atoms. The van der Waals surface area contributed by atoms with Crippen molar-refractivity contribution < 1.29 is 23.8 Å². The summed E-state index contributed by atoms with van der Waals surface area (Å²) in [6.45, 7) is 6.74. The second kappa shape index (κ2) is 7.75. The molecule has 4 nitrogen and oxygen atoms in total. The maximum atomic E-state index is 14.2. The van der Waals surface area contributed by atoms with E-state index in [1.165, 1.54) is 19.1 Å². The van der Waals surface area contributed by atoms with Crippen LogP contribution in [-0.4, -0.2) is 24.3 Å². The Morgan fingerprint density at radius 2 is 1.96 bits per heavy atom. The quantitative estimate of drug-likeness (QED) is 0.499. The van der Waals surface area contributed by atoms with Crippen LogP contribution in [0, 0.1) is 12.7 Å². The van der Waals surface area contributed by atoms with Crippen LogP contribution in [0.1, 0.15) is 12.5 Å². The number of carbonyl (C=O) groups is 1. The monoisotopic (exact) mass is 330 g/mol. The lowest BCUT2D eigenvalue weighted by atomic mass is 10.0. The number of carbonyl (C=O) groups excluding carboxylic acids is 1. The highest BCUT2D eigenvalue weighted by Gasteiger charge is 2.14. The van der Waals surface area contributed by atoms with Gasteiger partial charge in [0, 0.05) is 11.1 Å². The summed E-state index contributed by atoms with van der Waals surface area (Å²) in [5, 5.41) is 8.89. The van der Waals surface area contributed by atoms with E-state index in [0.717, 1.165) is 5.56 Å². The van der Waals surface area contributed by atoms with Crippen molar-refractivity contribution in [1.29, 1.82) is 0 Å². The summed E-state index contributed by atoms with van der Waals surface area (Å²) in [4.78, 5) is 11.8. The normalized spacial score (nSPS) is 10.3. The van der Waals surface area contributed by atoms with Crippen molar-refractivity contribution in [3.63, 3.8) is 0 Å². The third-order valence-electron chi connectivity index (χ3n) is 3.28. The Hall–Kier alpha value is -2.66. The Kier molecular flexibility index (Phi) is 5.71. The number of ether oxygens (including phenoxy) is 2. The van der Waals surface area contributed by atoms with E-state index in [-0.39, 0.29) is 36.1 Å². The van der Waals surface area contributed by atoms with E-state index in [1.807, 2.05) is 0 Å². The summed E-state index contributed by atoms with van der Waals surface area (Å²) in [5.41, 5.74) is 1.98. The molecule has 2 aromatic carbocycles. The van der Waals surface area contributed by atoms with Crippen molar-refractivity contribution >= 4 is 5.97 Å². The van der Waals surface area contributed by atoms with E-state index in [2.05, 4.69) is 6.58 Å². The highest BCUT2D eigenvalue weighted by molar-refractivity contribution is 5.89. The molecule has 0 unspecified atom stereocenters. The third-order valence-corrected chi connectivity index (χ3v) is 3.28. The minimum Gasteiger partial charge on any atom is -0.487 e. The number of halogens is 1. The van der Waals surface area contributed by atoms with Gasteiger partial charge in [-0.25, -0.2) is 9.18 Å². The van der Waals surface area contributed by atoms with Crippen LogP contribution in [0.15, 0.2) is 48.6 Å². The molecule has 1 N–H and O–H groups in total. The van der Waals surface area contributed by atoms with Crippen LogP contribution in [0.25, 0.3) is 11.1 Å². The lowest BCUT2D eigenvalue weighted by molar-refractivity contribution is -0.130. The summed E-state index contributed by atoms with van der Waals surface area (Å²) in [6, 6.07) is 9.67. The number of hydrogen-bond acceptors (Lipinski definition) is 4. The molecule has 0 saturated carbocycles. The molecule has 0 bridgehead atoms. The van der Waals surface area contributed by atoms with Crippen LogP contribution in [0.5, 0.6) is 11.5 Å². The van der Waals surface area contributed by atoms with E-state index in [4.69, 9.17) is 14.6 Å². The first kappa shape index (κ1) is 17.7. The Morgan fingerprint density at radius 1 is 1.21 bits per heavy atom. The fraction of sp³-hybridized carbons (Fsp3) is 0.211. The van der Waals surface area contributed by atoms with E-state index >= 15 is 0 Å². The van der Waals surface area contributed by atoms with Gasteiger partial charge in [0.25, 0.3) is 0 Å². The van der Waals surface area contributed by atoms with Gasteiger partial charge < -0.3 is 14.6 Å². The molecule has 0 aliphatic heterocycles. The van der Waals surface area contributed by atoms with Gasteiger partial charge in [0.2, 0.25) is 0 Å². The smallest absolute Gasteiger partial charge is 0.338 e. The van der Waals surface area contributed by atoms with Crippen molar-refractivity contribution in [1.82, 2.24) is 0 Å². The number of esters is 1. The molecule has 2 aromatic rings. The van der Waals surface area contributed by atoms with Gasteiger partial charge in [0.15, 0.2) is 11.5 Å². The largest absolute Gasteiger partial charge is 0.487 e. The first-order valence-electron chi connectivity index (χ1n) is 7.44. The van der Waals surface area contributed by atoms with Crippen molar-refractivity contribution in [2.45, 2.75) is 13.8 Å². The third kappa shape index (κ3) is 4.20. The predicted molar refractivity (Wildman–Crippen MR) is 89.6 cm³/mol. The second-order valence-electron chi connectivity index (χ2n) is 5.39. The number of benzene rings is 2. The van der Waals surface area contributed by atoms with E-state index < -0.39 is 5.97 Å². The SMILES string of the molecule is C=C(C)C(=O)Oc1cc(-c2ccc(C)cc2F)ccc1OCCO. The first-order valence-corrected chi connectivity index (χ1v) is 7.44. The van der Waals surface area contributed by atoms with Gasteiger partial charge in [-0.2, -0.15) is 0 Å². The van der Waals surface area contributed by atoms with Crippen molar-refractivity contribution in [3.8, 4) is 22.6 Å². The zero-order chi connectivity index (χ0) is 17.7. The maximum Gasteiger partial charge on any atom is 0.338 e. The van der Waals surface area contributed by atoms with Crippen molar-refractivity contribution in [2.75, 3.05) is 13.2 Å². The molecule has 5 heteroatoms. The van der Waals surface area contributed by atoms with Crippen LogP contribution < -0.4 is 9.47 Å². The average molecular weight is 330 g/mol. The number of aryl methyl sites for hydroxylation is 1. The summed E-state index contributed by atoms with van der Waals surface area (Å²) < 4.78 is 24.8. The Balaban J connectivity index is 2.43. The Bertz CT molecular complexity index is 768.